The zero-order valence-electron chi connectivity index (χ0n) is 12.6. The largest absolute Gasteiger partial charge is 0.436 e. The Morgan fingerprint density at radius 1 is 1.29 bits per heavy atom. The Morgan fingerprint density at radius 3 is 2.38 bits per heavy atom. The van der Waals surface area contributed by atoms with Crippen molar-refractivity contribution in [2.45, 2.75) is 13.1 Å². The highest BCUT2D eigenvalue weighted by Gasteiger charge is 2.39. The number of nitrogens with zero attached hydrogens (tertiary/aromatic N) is 5. The fraction of sp³-hybridized carbons (Fsp3) is 0.333. The number of hydrogen-bond acceptors (Lipinski definition) is 4. The molecule has 130 valence electrons. The van der Waals surface area contributed by atoms with Gasteiger partial charge in [0, 0.05) is 14.1 Å². The van der Waals surface area contributed by atoms with Crippen molar-refractivity contribution >= 4 is 23.7 Å². The first-order valence-electron chi connectivity index (χ1n) is 6.36. The number of aromatic nitrogens is 4. The van der Waals surface area contributed by atoms with E-state index in [0.717, 1.165) is 17.9 Å². The van der Waals surface area contributed by atoms with Crippen LogP contribution in [-0.2, 0) is 20.3 Å². The van der Waals surface area contributed by atoms with Crippen LogP contribution in [0.4, 0.5) is 17.6 Å². The summed E-state index contributed by atoms with van der Waals surface area (Å²) in [6.45, 7) is 1.53. The van der Waals surface area contributed by atoms with Crippen LogP contribution in [0.25, 0.3) is 0 Å². The predicted octanol–water partition coefficient (Wildman–Crippen LogP) is 2.04. The van der Waals surface area contributed by atoms with Gasteiger partial charge in [0.2, 0.25) is 5.95 Å². The topological polar surface area (TPSA) is 77.1 Å². The van der Waals surface area contributed by atoms with Crippen molar-refractivity contribution in [3.8, 4) is 0 Å². The van der Waals surface area contributed by atoms with Crippen molar-refractivity contribution in [3.05, 3.63) is 33.6 Å². The molecule has 0 spiro atoms. The van der Waals surface area contributed by atoms with E-state index in [0.29, 0.717) is 10.4 Å². The summed E-state index contributed by atoms with van der Waals surface area (Å²) in [7, 11) is 2.51. The van der Waals surface area contributed by atoms with E-state index in [1.807, 2.05) is 5.43 Å². The Hall–Kier alpha value is -2.43. The maximum Gasteiger partial charge on any atom is 0.436 e. The van der Waals surface area contributed by atoms with Gasteiger partial charge in [-0.15, -0.1) is 0 Å². The number of halogens is 5. The van der Waals surface area contributed by atoms with Crippen molar-refractivity contribution in [2.24, 2.45) is 19.2 Å². The monoisotopic (exact) mass is 366 g/mol. The SMILES string of the molecule is Cc1nn(C)c(F)c1/C=N\NC(=O)c1c(Cl)c(C(F)(F)F)nn1C. The molecule has 0 aliphatic carbocycles. The second-order valence-corrected chi connectivity index (χ2v) is 5.12. The standard InChI is InChI=1S/C12H11ClF4N6O/c1-5-6(10(14)23(3)20-5)4-18-19-11(24)8-7(13)9(12(15,16)17)21-22(8)2/h4H,1-3H3,(H,19,24)/b18-4-. The van der Waals surface area contributed by atoms with E-state index in [9.17, 15) is 22.4 Å². The molecule has 0 radical (unpaired) electrons. The molecular weight excluding hydrogens is 356 g/mol. The first kappa shape index (κ1) is 17.9. The van der Waals surface area contributed by atoms with E-state index in [1.165, 1.54) is 14.0 Å². The summed E-state index contributed by atoms with van der Waals surface area (Å²) < 4.78 is 53.4. The molecule has 0 aliphatic heterocycles. The molecule has 1 N–H and O–H groups in total. The van der Waals surface area contributed by atoms with Crippen LogP contribution in [-0.4, -0.2) is 31.7 Å². The third kappa shape index (κ3) is 3.25. The van der Waals surface area contributed by atoms with Crippen LogP contribution in [0.2, 0.25) is 5.02 Å². The van der Waals surface area contributed by atoms with Gasteiger partial charge < -0.3 is 0 Å². The van der Waals surface area contributed by atoms with Crippen LogP contribution in [0.1, 0.15) is 27.4 Å². The van der Waals surface area contributed by atoms with Gasteiger partial charge in [0.15, 0.2) is 5.69 Å². The molecule has 0 aromatic carbocycles. The van der Waals surface area contributed by atoms with E-state index in [-0.39, 0.29) is 5.56 Å². The van der Waals surface area contributed by atoms with Crippen LogP contribution in [0, 0.1) is 12.9 Å². The molecule has 0 saturated heterocycles. The van der Waals surface area contributed by atoms with Crippen molar-refractivity contribution in [3.63, 3.8) is 0 Å². The quantitative estimate of drug-likeness (QED) is 0.513. The lowest BCUT2D eigenvalue weighted by Gasteiger charge is -2.02. The number of aryl methyl sites for hydroxylation is 3. The second-order valence-electron chi connectivity index (χ2n) is 4.75. The Balaban J connectivity index is 2.22. The lowest BCUT2D eigenvalue weighted by atomic mass is 10.3. The van der Waals surface area contributed by atoms with Gasteiger partial charge >= 0.3 is 6.18 Å². The maximum absolute atomic E-state index is 13.7. The Labute approximate surface area is 137 Å². The number of rotatable bonds is 3. The van der Waals surface area contributed by atoms with Crippen molar-refractivity contribution in [1.29, 1.82) is 0 Å². The average Bonchev–Trinajstić information content (AvgIpc) is 2.88. The van der Waals surface area contributed by atoms with Gasteiger partial charge in [0.1, 0.15) is 10.7 Å². The Bertz CT molecular complexity index is 823. The highest BCUT2D eigenvalue weighted by atomic mass is 35.5. The van der Waals surface area contributed by atoms with E-state index in [2.05, 4.69) is 15.3 Å². The summed E-state index contributed by atoms with van der Waals surface area (Å²) in [5.41, 5.74) is 0.426. The highest BCUT2D eigenvalue weighted by Crippen LogP contribution is 2.35. The maximum atomic E-state index is 13.7. The molecule has 0 fully saturated rings. The van der Waals surface area contributed by atoms with Crippen LogP contribution < -0.4 is 5.43 Å². The fourth-order valence-electron chi connectivity index (χ4n) is 1.93. The molecular formula is C12H11ClF4N6O. The second kappa shape index (κ2) is 6.23. The summed E-state index contributed by atoms with van der Waals surface area (Å²) >= 11 is 5.57. The van der Waals surface area contributed by atoms with Crippen LogP contribution in [0.15, 0.2) is 5.10 Å². The summed E-state index contributed by atoms with van der Waals surface area (Å²) in [6, 6.07) is 0. The van der Waals surface area contributed by atoms with Gasteiger partial charge in [0.05, 0.1) is 17.5 Å². The average molecular weight is 367 g/mol. The van der Waals surface area contributed by atoms with Crippen molar-refractivity contribution in [1.82, 2.24) is 25.0 Å². The summed E-state index contributed by atoms with van der Waals surface area (Å²) in [5, 5.41) is 9.64. The zero-order valence-corrected chi connectivity index (χ0v) is 13.4. The van der Waals surface area contributed by atoms with Crippen LogP contribution in [0.5, 0.6) is 0 Å². The molecule has 7 nitrogen and oxygen atoms in total. The smallest absolute Gasteiger partial charge is 0.266 e. The number of nitrogens with one attached hydrogen (secondary N) is 1. The van der Waals surface area contributed by atoms with Gasteiger partial charge in [-0.25, -0.2) is 10.1 Å². The van der Waals surface area contributed by atoms with Gasteiger partial charge in [-0.1, -0.05) is 11.6 Å². The number of hydrazone groups is 1. The molecule has 0 atom stereocenters. The number of hydrogen-bond donors (Lipinski definition) is 1. The van der Waals surface area contributed by atoms with Crippen molar-refractivity contribution in [2.75, 3.05) is 0 Å². The first-order valence-corrected chi connectivity index (χ1v) is 6.74. The fourth-order valence-corrected chi connectivity index (χ4v) is 2.28. The molecule has 2 rings (SSSR count). The molecule has 2 aromatic heterocycles. The minimum Gasteiger partial charge on any atom is -0.266 e. The number of alkyl halides is 3. The molecule has 2 aromatic rings. The summed E-state index contributed by atoms with van der Waals surface area (Å²) in [4.78, 5) is 11.9. The highest BCUT2D eigenvalue weighted by molar-refractivity contribution is 6.34. The molecule has 1 amide bonds. The predicted molar refractivity (Wildman–Crippen MR) is 76.2 cm³/mol. The molecule has 2 heterocycles. The van der Waals surface area contributed by atoms with Crippen LogP contribution in [0.3, 0.4) is 0 Å². The lowest BCUT2D eigenvalue weighted by Crippen LogP contribution is -2.21. The summed E-state index contributed by atoms with van der Waals surface area (Å²) in [5.74, 6) is -1.70. The third-order valence-electron chi connectivity index (χ3n) is 3.03. The van der Waals surface area contributed by atoms with Gasteiger partial charge in [0.25, 0.3) is 5.91 Å². The van der Waals surface area contributed by atoms with Gasteiger partial charge in [-0.3, -0.25) is 9.48 Å². The minimum atomic E-state index is -4.80. The Morgan fingerprint density at radius 2 is 1.92 bits per heavy atom. The van der Waals surface area contributed by atoms with E-state index in [1.54, 1.807) is 0 Å². The molecule has 0 aliphatic rings. The molecule has 0 unspecified atom stereocenters. The number of carbonyl (C=O) groups excluding carboxylic acids is 1. The van der Waals surface area contributed by atoms with Gasteiger partial charge in [-0.05, 0) is 6.92 Å². The van der Waals surface area contributed by atoms with Crippen molar-refractivity contribution < 1.29 is 22.4 Å². The first-order chi connectivity index (χ1) is 11.0. The molecule has 24 heavy (non-hydrogen) atoms. The summed E-state index contributed by atoms with van der Waals surface area (Å²) in [6.07, 6.45) is -3.81. The van der Waals surface area contributed by atoms with E-state index in [4.69, 9.17) is 11.6 Å². The number of amides is 1. The molecule has 0 saturated carbocycles. The van der Waals surface area contributed by atoms with E-state index >= 15 is 0 Å². The normalized spacial score (nSPS) is 12.2. The third-order valence-corrected chi connectivity index (χ3v) is 3.39. The zero-order chi connectivity index (χ0) is 18.2. The Kier molecular flexibility index (Phi) is 4.65. The number of carbonyl (C=O) groups is 1. The van der Waals surface area contributed by atoms with Crippen LogP contribution >= 0.6 is 11.6 Å². The lowest BCUT2D eigenvalue weighted by molar-refractivity contribution is -0.141. The van der Waals surface area contributed by atoms with E-state index < -0.39 is 34.4 Å². The molecule has 12 heteroatoms. The minimum absolute atomic E-state index is 0.0323. The van der Waals surface area contributed by atoms with Gasteiger partial charge in [-0.2, -0.15) is 32.9 Å². The molecule has 0 bridgehead atoms.